The third-order valence-electron chi connectivity index (χ3n) is 4.78. The maximum atomic E-state index is 12.1. The van der Waals surface area contributed by atoms with Gasteiger partial charge in [-0.15, -0.1) is 0 Å². The average molecular weight is 266 g/mol. The van der Waals surface area contributed by atoms with E-state index >= 15 is 0 Å². The molecular weight excluding hydrogens is 240 g/mol. The normalized spacial score (nSPS) is 33.4. The zero-order chi connectivity index (χ0) is 13.9. The second-order valence-corrected chi connectivity index (χ2v) is 6.21. The van der Waals surface area contributed by atoms with Crippen molar-refractivity contribution in [1.29, 1.82) is 0 Å². The predicted octanol–water partition coefficient (Wildman–Crippen LogP) is 3.48. The topological polar surface area (TPSA) is 35.5 Å². The van der Waals surface area contributed by atoms with Gasteiger partial charge in [-0.3, -0.25) is 4.79 Å². The van der Waals surface area contributed by atoms with E-state index in [0.717, 1.165) is 50.9 Å². The van der Waals surface area contributed by atoms with Crippen LogP contribution < -0.4 is 0 Å². The number of hydrogen-bond acceptors (Lipinski definition) is 3. The highest BCUT2D eigenvalue weighted by Crippen LogP contribution is 2.46. The summed E-state index contributed by atoms with van der Waals surface area (Å²) in [5.74, 6) is 0.606. The van der Waals surface area contributed by atoms with Gasteiger partial charge in [0, 0.05) is 12.3 Å². The van der Waals surface area contributed by atoms with Crippen molar-refractivity contribution < 1.29 is 14.3 Å². The molecule has 0 radical (unpaired) electrons. The first-order valence-corrected chi connectivity index (χ1v) is 7.45. The quantitative estimate of drug-likeness (QED) is 0.731. The Morgan fingerprint density at radius 3 is 2.68 bits per heavy atom. The highest BCUT2D eigenvalue weighted by atomic mass is 16.7. The summed E-state index contributed by atoms with van der Waals surface area (Å²) in [6.45, 7) is 9.83. The van der Waals surface area contributed by atoms with Crippen molar-refractivity contribution in [3.8, 4) is 0 Å². The first kappa shape index (κ1) is 14.7. The minimum Gasteiger partial charge on any atom is -0.353 e. The molecule has 0 spiro atoms. The van der Waals surface area contributed by atoms with Gasteiger partial charge in [0.25, 0.3) is 0 Å². The van der Waals surface area contributed by atoms with Crippen molar-refractivity contribution in [2.24, 2.45) is 11.3 Å². The van der Waals surface area contributed by atoms with Crippen molar-refractivity contribution >= 4 is 5.78 Å². The van der Waals surface area contributed by atoms with Gasteiger partial charge in [0.1, 0.15) is 5.78 Å². The maximum Gasteiger partial charge on any atom is 0.157 e. The highest BCUT2D eigenvalue weighted by molar-refractivity contribution is 5.82. The number of ether oxygens (including phenoxy) is 2. The Hall–Kier alpha value is -0.670. The molecule has 1 heterocycles. The molecule has 2 aliphatic rings. The van der Waals surface area contributed by atoms with Crippen molar-refractivity contribution in [2.75, 3.05) is 13.2 Å². The zero-order valence-corrected chi connectivity index (χ0v) is 12.2. The Bertz CT molecular complexity index is 344. The molecule has 0 N–H and O–H groups in total. The largest absolute Gasteiger partial charge is 0.353 e. The molecule has 0 aromatic rings. The van der Waals surface area contributed by atoms with Crippen LogP contribution in [0.1, 0.15) is 52.4 Å². The van der Waals surface area contributed by atoms with Gasteiger partial charge >= 0.3 is 0 Å². The summed E-state index contributed by atoms with van der Waals surface area (Å²) in [7, 11) is 0. The number of carbonyl (C=O) groups excluding carboxylic acids is 1. The molecule has 1 aliphatic carbocycles. The van der Waals surface area contributed by atoms with E-state index < -0.39 is 0 Å². The van der Waals surface area contributed by atoms with Crippen LogP contribution in [-0.4, -0.2) is 25.3 Å². The fourth-order valence-corrected chi connectivity index (χ4v) is 3.14. The average Bonchev–Trinajstić information content (AvgIpc) is 2.41. The second kappa shape index (κ2) is 6.19. The monoisotopic (exact) mass is 266 g/mol. The Labute approximate surface area is 116 Å². The van der Waals surface area contributed by atoms with E-state index in [0.29, 0.717) is 12.2 Å². The highest BCUT2D eigenvalue weighted by Gasteiger charge is 2.39. The van der Waals surface area contributed by atoms with Crippen LogP contribution in [0, 0.1) is 11.3 Å². The van der Waals surface area contributed by atoms with Crippen LogP contribution in [0.3, 0.4) is 0 Å². The SMILES string of the molecule is C=C(C)C1(CCC2OCCCO2)CC[C@@H](C)C(=O)C1. The van der Waals surface area contributed by atoms with Crippen LogP contribution in [-0.2, 0) is 14.3 Å². The lowest BCUT2D eigenvalue weighted by Crippen LogP contribution is -2.35. The number of Topliss-reactive ketones (excluding diaryl/α,β-unsaturated/α-hetero) is 1. The van der Waals surface area contributed by atoms with Crippen LogP contribution in [0.5, 0.6) is 0 Å². The minimum atomic E-state index is -0.0839. The van der Waals surface area contributed by atoms with Crippen molar-refractivity contribution in [2.45, 2.75) is 58.7 Å². The summed E-state index contributed by atoms with van der Waals surface area (Å²) < 4.78 is 11.2. The van der Waals surface area contributed by atoms with E-state index in [1.54, 1.807) is 0 Å². The van der Waals surface area contributed by atoms with Gasteiger partial charge < -0.3 is 9.47 Å². The van der Waals surface area contributed by atoms with Gasteiger partial charge in [-0.1, -0.05) is 19.1 Å². The summed E-state index contributed by atoms with van der Waals surface area (Å²) >= 11 is 0. The molecule has 2 fully saturated rings. The number of ketones is 1. The third-order valence-corrected chi connectivity index (χ3v) is 4.78. The van der Waals surface area contributed by atoms with Crippen LogP contribution in [0.15, 0.2) is 12.2 Å². The number of allylic oxidation sites excluding steroid dienone is 1. The van der Waals surface area contributed by atoms with Crippen molar-refractivity contribution in [3.63, 3.8) is 0 Å². The van der Waals surface area contributed by atoms with Gasteiger partial charge in [-0.2, -0.15) is 0 Å². The number of carbonyl (C=O) groups is 1. The fourth-order valence-electron chi connectivity index (χ4n) is 3.14. The second-order valence-electron chi connectivity index (χ2n) is 6.21. The first-order chi connectivity index (χ1) is 9.03. The minimum absolute atomic E-state index is 0.0201. The smallest absolute Gasteiger partial charge is 0.157 e. The molecule has 1 saturated carbocycles. The molecule has 108 valence electrons. The lowest BCUT2D eigenvalue weighted by molar-refractivity contribution is -0.184. The fraction of sp³-hybridized carbons (Fsp3) is 0.812. The molecular formula is C16H26O3. The Balaban J connectivity index is 1.95. The van der Waals surface area contributed by atoms with Crippen LogP contribution in [0.2, 0.25) is 0 Å². The van der Waals surface area contributed by atoms with Gasteiger partial charge in [0.2, 0.25) is 0 Å². The summed E-state index contributed by atoms with van der Waals surface area (Å²) in [5, 5.41) is 0. The van der Waals surface area contributed by atoms with Gasteiger partial charge in [0.05, 0.1) is 13.2 Å². The molecule has 3 heteroatoms. The van der Waals surface area contributed by atoms with E-state index in [-0.39, 0.29) is 17.6 Å². The number of rotatable bonds is 4. The lowest BCUT2D eigenvalue weighted by Gasteiger charge is -2.40. The first-order valence-electron chi connectivity index (χ1n) is 7.45. The molecule has 1 aliphatic heterocycles. The van der Waals surface area contributed by atoms with Gasteiger partial charge in [0.15, 0.2) is 6.29 Å². The molecule has 0 amide bonds. The van der Waals surface area contributed by atoms with Crippen molar-refractivity contribution in [1.82, 2.24) is 0 Å². The lowest BCUT2D eigenvalue weighted by atomic mass is 9.64. The number of hydrogen-bond donors (Lipinski definition) is 0. The van der Waals surface area contributed by atoms with E-state index in [4.69, 9.17) is 9.47 Å². The Morgan fingerprint density at radius 1 is 1.42 bits per heavy atom. The van der Waals surface area contributed by atoms with E-state index in [1.165, 1.54) is 0 Å². The Kier molecular flexibility index (Phi) is 4.80. The molecule has 0 bridgehead atoms. The summed E-state index contributed by atoms with van der Waals surface area (Å²) in [5.41, 5.74) is 1.12. The maximum absolute atomic E-state index is 12.1. The van der Waals surface area contributed by atoms with Gasteiger partial charge in [-0.25, -0.2) is 0 Å². The molecule has 19 heavy (non-hydrogen) atoms. The summed E-state index contributed by atoms with van der Waals surface area (Å²) in [4.78, 5) is 12.1. The van der Waals surface area contributed by atoms with Gasteiger partial charge in [-0.05, 0) is 44.4 Å². The molecule has 0 aromatic carbocycles. The molecule has 2 rings (SSSR count). The van der Waals surface area contributed by atoms with E-state index in [1.807, 2.05) is 6.92 Å². The van der Waals surface area contributed by atoms with Crippen LogP contribution in [0.4, 0.5) is 0 Å². The summed E-state index contributed by atoms with van der Waals surface area (Å²) in [6, 6.07) is 0. The summed E-state index contributed by atoms with van der Waals surface area (Å²) in [6.07, 6.45) is 5.42. The molecule has 0 aromatic heterocycles. The Morgan fingerprint density at radius 2 is 2.11 bits per heavy atom. The molecule has 1 saturated heterocycles. The van der Waals surface area contributed by atoms with Crippen LogP contribution >= 0.6 is 0 Å². The zero-order valence-electron chi connectivity index (χ0n) is 12.2. The van der Waals surface area contributed by atoms with Crippen molar-refractivity contribution in [3.05, 3.63) is 12.2 Å². The van der Waals surface area contributed by atoms with E-state index in [2.05, 4.69) is 13.5 Å². The predicted molar refractivity (Wildman–Crippen MR) is 74.8 cm³/mol. The molecule has 3 nitrogen and oxygen atoms in total. The molecule has 2 atom stereocenters. The standard InChI is InChI=1S/C16H26O3/c1-12(2)16(7-5-13(3)14(17)11-16)8-6-15-18-9-4-10-19-15/h13,15H,1,4-11H2,2-3H3/t13-,16?/m1/s1. The third kappa shape index (κ3) is 3.46. The molecule has 1 unspecified atom stereocenters. The van der Waals surface area contributed by atoms with Crippen LogP contribution in [0.25, 0.3) is 0 Å². The van der Waals surface area contributed by atoms with E-state index in [9.17, 15) is 4.79 Å².